The lowest BCUT2D eigenvalue weighted by Crippen LogP contribution is -2.15. The Bertz CT molecular complexity index is 710. The van der Waals surface area contributed by atoms with Crippen LogP contribution in [0.1, 0.15) is 19.7 Å². The molecule has 0 spiro atoms. The first-order chi connectivity index (χ1) is 8.50. The van der Waals surface area contributed by atoms with Crippen molar-refractivity contribution in [2.45, 2.75) is 13.8 Å². The zero-order valence-corrected chi connectivity index (χ0v) is 10.1. The lowest BCUT2D eigenvalue weighted by atomic mass is 10.1. The molecule has 0 aliphatic rings. The van der Waals surface area contributed by atoms with Gasteiger partial charge >= 0.3 is 0 Å². The molecule has 0 radical (unpaired) electrons. The maximum absolute atomic E-state index is 11.9. The van der Waals surface area contributed by atoms with Crippen LogP contribution in [0.25, 0.3) is 16.5 Å². The van der Waals surface area contributed by atoms with E-state index in [-0.39, 0.29) is 11.3 Å². The quantitative estimate of drug-likeness (QED) is 0.685. The maximum atomic E-state index is 11.9. The van der Waals surface area contributed by atoms with Crippen molar-refractivity contribution in [3.05, 3.63) is 40.3 Å². The van der Waals surface area contributed by atoms with Crippen molar-refractivity contribution in [2.75, 3.05) is 0 Å². The van der Waals surface area contributed by atoms with Crippen LogP contribution in [0.3, 0.4) is 0 Å². The lowest BCUT2D eigenvalue weighted by molar-refractivity contribution is 1.11. The third kappa shape index (κ3) is 2.00. The van der Waals surface area contributed by atoms with Crippen molar-refractivity contribution in [3.8, 4) is 0 Å². The van der Waals surface area contributed by atoms with Crippen molar-refractivity contribution in [2.24, 2.45) is 5.73 Å². The lowest BCUT2D eigenvalue weighted by Gasteiger charge is -2.08. The third-order valence-electron chi connectivity index (χ3n) is 2.51. The summed E-state index contributed by atoms with van der Waals surface area (Å²) in [7, 11) is 0. The summed E-state index contributed by atoms with van der Waals surface area (Å²) in [6, 6.07) is 1.60. The average molecular weight is 243 g/mol. The van der Waals surface area contributed by atoms with E-state index in [9.17, 15) is 4.79 Å². The minimum Gasteiger partial charge on any atom is -0.402 e. The molecule has 0 saturated carbocycles. The van der Waals surface area contributed by atoms with Crippen molar-refractivity contribution in [1.29, 1.82) is 5.41 Å². The minimum absolute atomic E-state index is 0.251. The summed E-state index contributed by atoms with van der Waals surface area (Å²) in [6.07, 6.45) is 3.04. The molecule has 0 aromatic carbocycles. The summed E-state index contributed by atoms with van der Waals surface area (Å²) in [4.78, 5) is 22.7. The molecule has 0 aliphatic carbocycles. The summed E-state index contributed by atoms with van der Waals surface area (Å²) in [5.74, 6) is 0.299. The smallest absolute Gasteiger partial charge is 0.259 e. The highest BCUT2D eigenvalue weighted by molar-refractivity contribution is 6.20. The van der Waals surface area contributed by atoms with Crippen LogP contribution in [0, 0.1) is 5.41 Å². The number of fused-ring (bicyclic) bond motifs is 1. The molecular weight excluding hydrogens is 230 g/mol. The Morgan fingerprint density at radius 1 is 1.44 bits per heavy atom. The fourth-order valence-corrected chi connectivity index (χ4v) is 1.77. The second-order valence-corrected chi connectivity index (χ2v) is 3.99. The number of rotatable bonds is 2. The molecule has 6 nitrogen and oxygen atoms in total. The van der Waals surface area contributed by atoms with Crippen LogP contribution in [0.2, 0.25) is 0 Å². The van der Waals surface area contributed by atoms with E-state index in [1.807, 2.05) is 0 Å². The second-order valence-electron chi connectivity index (χ2n) is 3.99. The van der Waals surface area contributed by atoms with Crippen LogP contribution < -0.4 is 11.3 Å². The number of hydrogen-bond acceptors (Lipinski definition) is 5. The van der Waals surface area contributed by atoms with E-state index in [2.05, 4.69) is 15.0 Å². The van der Waals surface area contributed by atoms with E-state index in [0.717, 1.165) is 0 Å². The Kier molecular flexibility index (Phi) is 2.93. The standard InChI is InChI=1S/C12H13N5O/c1-6(13)10(7(2)14)11-16-9-5-15-4-3-8(9)12(18)17-11/h3-5,13H,14H2,1-2H3,(H,16,17,18). The van der Waals surface area contributed by atoms with Gasteiger partial charge in [0.1, 0.15) is 5.82 Å². The van der Waals surface area contributed by atoms with Crippen molar-refractivity contribution < 1.29 is 0 Å². The molecule has 0 unspecified atom stereocenters. The van der Waals surface area contributed by atoms with Crippen LogP contribution in [-0.2, 0) is 0 Å². The second kappa shape index (κ2) is 4.40. The number of hydrogen-bond donors (Lipinski definition) is 3. The van der Waals surface area contributed by atoms with Crippen molar-refractivity contribution in [3.63, 3.8) is 0 Å². The van der Waals surface area contributed by atoms with Gasteiger partial charge in [0.05, 0.1) is 22.7 Å². The fraction of sp³-hybridized carbons (Fsp3) is 0.167. The number of allylic oxidation sites excluding steroid dienone is 2. The number of nitrogens with one attached hydrogen (secondary N) is 2. The topological polar surface area (TPSA) is 109 Å². The zero-order chi connectivity index (χ0) is 13.3. The zero-order valence-electron chi connectivity index (χ0n) is 10.1. The normalized spacial score (nSPS) is 12.3. The molecule has 0 saturated heterocycles. The van der Waals surface area contributed by atoms with Gasteiger partial charge < -0.3 is 16.1 Å². The molecule has 0 bridgehead atoms. The van der Waals surface area contributed by atoms with E-state index in [1.54, 1.807) is 19.9 Å². The monoisotopic (exact) mass is 243 g/mol. The van der Waals surface area contributed by atoms with Gasteiger partial charge in [-0.05, 0) is 19.9 Å². The molecule has 2 aromatic heterocycles. The molecule has 0 atom stereocenters. The van der Waals surface area contributed by atoms with Gasteiger partial charge in [-0.3, -0.25) is 9.78 Å². The molecule has 2 aromatic rings. The van der Waals surface area contributed by atoms with Gasteiger partial charge in [-0.15, -0.1) is 0 Å². The third-order valence-corrected chi connectivity index (χ3v) is 2.51. The minimum atomic E-state index is -0.266. The Morgan fingerprint density at radius 2 is 2.17 bits per heavy atom. The number of aromatic nitrogens is 3. The predicted molar refractivity (Wildman–Crippen MR) is 70.3 cm³/mol. The average Bonchev–Trinajstić information content (AvgIpc) is 2.28. The van der Waals surface area contributed by atoms with Crippen LogP contribution >= 0.6 is 0 Å². The van der Waals surface area contributed by atoms with Crippen molar-refractivity contribution >= 4 is 22.2 Å². The summed E-state index contributed by atoms with van der Waals surface area (Å²) >= 11 is 0. The highest BCUT2D eigenvalue weighted by Gasteiger charge is 2.12. The van der Waals surface area contributed by atoms with Crippen LogP contribution in [0.4, 0.5) is 0 Å². The number of pyridine rings is 1. The number of aromatic amines is 1. The van der Waals surface area contributed by atoms with E-state index in [4.69, 9.17) is 11.1 Å². The summed E-state index contributed by atoms with van der Waals surface area (Å²) in [6.45, 7) is 3.26. The first-order valence-corrected chi connectivity index (χ1v) is 5.37. The maximum Gasteiger partial charge on any atom is 0.259 e. The van der Waals surface area contributed by atoms with Gasteiger partial charge in [0.2, 0.25) is 0 Å². The Hall–Kier alpha value is -2.50. The molecule has 4 N–H and O–H groups in total. The molecule has 2 rings (SSSR count). The van der Waals surface area contributed by atoms with E-state index < -0.39 is 0 Å². The van der Waals surface area contributed by atoms with Gasteiger partial charge in [-0.2, -0.15) is 0 Å². The molecule has 0 fully saturated rings. The SMILES string of the molecule is CC(=N)C(=C(C)N)c1nc2cnccc2c(=O)[nH]1. The van der Waals surface area contributed by atoms with Gasteiger partial charge in [-0.25, -0.2) is 4.98 Å². The van der Waals surface area contributed by atoms with Gasteiger partial charge in [0, 0.05) is 17.6 Å². The summed E-state index contributed by atoms with van der Waals surface area (Å²) in [5.41, 5.74) is 7.07. The number of H-pyrrole nitrogens is 1. The number of nitrogens with two attached hydrogens (primary N) is 1. The molecule has 2 heterocycles. The molecular formula is C12H13N5O. The van der Waals surface area contributed by atoms with Gasteiger partial charge in [0.25, 0.3) is 5.56 Å². The Morgan fingerprint density at radius 3 is 2.78 bits per heavy atom. The Labute approximate surface area is 103 Å². The molecule has 92 valence electrons. The van der Waals surface area contributed by atoms with E-state index in [1.165, 1.54) is 12.4 Å². The van der Waals surface area contributed by atoms with Crippen molar-refractivity contribution in [1.82, 2.24) is 15.0 Å². The number of nitrogens with zero attached hydrogens (tertiary/aromatic N) is 2. The fourth-order valence-electron chi connectivity index (χ4n) is 1.77. The van der Waals surface area contributed by atoms with E-state index >= 15 is 0 Å². The van der Waals surface area contributed by atoms with Gasteiger partial charge in [-0.1, -0.05) is 0 Å². The van der Waals surface area contributed by atoms with Crippen LogP contribution in [-0.4, -0.2) is 20.7 Å². The first-order valence-electron chi connectivity index (χ1n) is 5.37. The highest BCUT2D eigenvalue weighted by Crippen LogP contribution is 2.14. The highest BCUT2D eigenvalue weighted by atomic mass is 16.1. The molecule has 0 aliphatic heterocycles. The summed E-state index contributed by atoms with van der Waals surface area (Å²) < 4.78 is 0. The Balaban J connectivity index is 2.78. The summed E-state index contributed by atoms with van der Waals surface area (Å²) in [5, 5.41) is 8.15. The molecule has 0 amide bonds. The molecule has 6 heteroatoms. The predicted octanol–water partition coefficient (Wildman–Crippen LogP) is 1.05. The van der Waals surface area contributed by atoms with Crippen LogP contribution in [0.15, 0.2) is 29.0 Å². The van der Waals surface area contributed by atoms with Crippen LogP contribution in [0.5, 0.6) is 0 Å². The largest absolute Gasteiger partial charge is 0.402 e. The van der Waals surface area contributed by atoms with E-state index in [0.29, 0.717) is 28.0 Å². The van der Waals surface area contributed by atoms with Gasteiger partial charge in [0.15, 0.2) is 0 Å². The molecule has 18 heavy (non-hydrogen) atoms. The first kappa shape index (κ1) is 12.0.